The van der Waals surface area contributed by atoms with Gasteiger partial charge in [0.1, 0.15) is 0 Å². The van der Waals surface area contributed by atoms with Gasteiger partial charge in [0, 0.05) is 6.92 Å². The van der Waals surface area contributed by atoms with Gasteiger partial charge in [0.2, 0.25) is 0 Å². The molecule has 0 amide bonds. The molecule has 37 heavy (non-hydrogen) atoms. The Morgan fingerprint density at radius 2 is 0.432 bits per heavy atom. The second-order valence-electron chi connectivity index (χ2n) is 5.90. The molecular weight excluding hydrogens is 611 g/mol. The molecule has 0 saturated heterocycles. The summed E-state index contributed by atoms with van der Waals surface area (Å²) in [6, 6.07) is 0. The molecule has 0 radical (unpaired) electrons. The maximum absolute atomic E-state index is 13.1. The number of halogens is 21. The summed E-state index contributed by atoms with van der Waals surface area (Å²) in [5.74, 6) is 0. The van der Waals surface area contributed by atoms with Crippen molar-refractivity contribution in [1.29, 1.82) is 0 Å². The van der Waals surface area contributed by atoms with Crippen LogP contribution >= 0.6 is 0 Å². The minimum Gasteiger partial charge on any atom is -0.248 e. The summed E-state index contributed by atoms with van der Waals surface area (Å²) in [5, 5.41) is 0. The lowest BCUT2D eigenvalue weighted by molar-refractivity contribution is -0.589. The van der Waals surface area contributed by atoms with Crippen molar-refractivity contribution in [3.63, 3.8) is 0 Å². The van der Waals surface area contributed by atoms with Gasteiger partial charge in [-0.05, 0) is 0 Å². The number of ether oxygens (including phenoxy) is 5. The molecule has 0 aliphatic carbocycles. The smallest absolute Gasteiger partial charge is 0.248 e. The first-order chi connectivity index (χ1) is 15.5. The van der Waals surface area contributed by atoms with Crippen LogP contribution in [0.1, 0.15) is 6.92 Å². The van der Waals surface area contributed by atoms with E-state index < -0.39 is 68.3 Å². The van der Waals surface area contributed by atoms with Gasteiger partial charge in [0.05, 0.1) is 0 Å². The van der Waals surface area contributed by atoms with E-state index in [9.17, 15) is 92.2 Å². The molecule has 0 atom stereocenters. The van der Waals surface area contributed by atoms with E-state index in [1.165, 1.54) is 18.9 Å². The molecule has 0 aromatic heterocycles. The molecule has 0 rings (SSSR count). The summed E-state index contributed by atoms with van der Waals surface area (Å²) in [7, 11) is 0. The Hall–Kier alpha value is -1.67. The highest BCUT2D eigenvalue weighted by molar-refractivity contribution is 4.80. The maximum atomic E-state index is 13.1. The van der Waals surface area contributed by atoms with E-state index in [0.717, 1.165) is 0 Å². The first kappa shape index (κ1) is 35.3. The molecule has 0 aromatic carbocycles. The molecule has 0 aliphatic heterocycles. The Kier molecular flexibility index (Phi) is 9.08. The van der Waals surface area contributed by atoms with E-state index in [1.807, 2.05) is 4.74 Å². The average Bonchev–Trinajstić information content (AvgIpc) is 2.45. The Morgan fingerprint density at radius 3 is 0.595 bits per heavy atom. The fourth-order valence-electron chi connectivity index (χ4n) is 1.33. The van der Waals surface area contributed by atoms with Crippen LogP contribution in [0.15, 0.2) is 0 Å². The summed E-state index contributed by atoms with van der Waals surface area (Å²) in [6.45, 7) is -0.769. The van der Waals surface area contributed by atoms with Gasteiger partial charge in [0.25, 0.3) is 0 Å². The SMILES string of the molecule is CC(F)(F)OC(F)(F)C(F)(F)OC(F)(F)C(F)(F)OC(F)(F)C(F)(F)OC(F)(F)C(F)(F)OC(F)(F)F. The quantitative estimate of drug-likeness (QED) is 0.211. The van der Waals surface area contributed by atoms with E-state index in [1.54, 1.807) is 0 Å². The van der Waals surface area contributed by atoms with E-state index in [-0.39, 0.29) is 0 Å². The zero-order valence-corrected chi connectivity index (χ0v) is 16.0. The monoisotopic (exact) mass is 614 g/mol. The van der Waals surface area contributed by atoms with Gasteiger partial charge in [-0.2, -0.15) is 79.0 Å². The van der Waals surface area contributed by atoms with Gasteiger partial charge in [-0.15, -0.1) is 13.2 Å². The van der Waals surface area contributed by atoms with Crippen molar-refractivity contribution in [2.24, 2.45) is 0 Å². The minimum atomic E-state index is -7.87. The lowest BCUT2D eigenvalue weighted by atomic mass is 10.4. The normalized spacial score (nSPS) is 16.4. The molecule has 0 fully saturated rings. The summed E-state index contributed by atoms with van der Waals surface area (Å²) in [5.41, 5.74) is 0. The molecular formula is C11H3F21O5. The Morgan fingerprint density at radius 1 is 0.270 bits per heavy atom. The highest BCUT2D eigenvalue weighted by atomic mass is 19.4. The molecule has 0 unspecified atom stereocenters. The van der Waals surface area contributed by atoms with E-state index >= 15 is 0 Å². The third-order valence-electron chi connectivity index (χ3n) is 2.68. The molecule has 0 saturated carbocycles. The Bertz CT molecular complexity index is 719. The molecule has 0 aliphatic rings. The second kappa shape index (κ2) is 9.51. The number of alkyl halides is 21. The minimum absolute atomic E-state index is 0.769. The second-order valence-corrected chi connectivity index (χ2v) is 5.90. The van der Waals surface area contributed by atoms with Crippen molar-refractivity contribution in [2.45, 2.75) is 68.3 Å². The average molecular weight is 614 g/mol. The van der Waals surface area contributed by atoms with Crippen LogP contribution < -0.4 is 0 Å². The first-order valence-electron chi connectivity index (χ1n) is 7.51. The fourth-order valence-corrected chi connectivity index (χ4v) is 1.33. The third kappa shape index (κ3) is 8.67. The zero-order chi connectivity index (χ0) is 30.5. The van der Waals surface area contributed by atoms with E-state index in [0.29, 0.717) is 0 Å². The van der Waals surface area contributed by atoms with Crippen molar-refractivity contribution in [2.75, 3.05) is 0 Å². The standard InChI is InChI=1S/C11H3F21O5/c1-2(12,13)33-3(14,15)4(16,17)34-5(18,19)6(20,21)35-7(22,23)8(24,25)36-9(26,27)10(28,29)37-11(30,31)32/h1H3. The van der Waals surface area contributed by atoms with Crippen LogP contribution in [-0.2, 0) is 23.7 Å². The zero-order valence-electron chi connectivity index (χ0n) is 16.0. The van der Waals surface area contributed by atoms with Gasteiger partial charge in [-0.3, -0.25) is 0 Å². The number of hydrogen-bond acceptors (Lipinski definition) is 5. The van der Waals surface area contributed by atoms with Crippen LogP contribution in [0.3, 0.4) is 0 Å². The van der Waals surface area contributed by atoms with Crippen LogP contribution in [0.5, 0.6) is 0 Å². The van der Waals surface area contributed by atoms with Gasteiger partial charge in [-0.1, -0.05) is 0 Å². The molecule has 0 heterocycles. The van der Waals surface area contributed by atoms with Gasteiger partial charge in [-0.25, -0.2) is 23.7 Å². The lowest BCUT2D eigenvalue weighted by Crippen LogP contribution is -2.61. The first-order valence-corrected chi connectivity index (χ1v) is 7.51. The van der Waals surface area contributed by atoms with Crippen molar-refractivity contribution >= 4 is 0 Å². The molecule has 26 heteroatoms. The van der Waals surface area contributed by atoms with Crippen LogP contribution in [-0.4, -0.2) is 61.3 Å². The van der Waals surface area contributed by atoms with Gasteiger partial charge < -0.3 is 0 Å². The highest BCUT2D eigenvalue weighted by Gasteiger charge is 2.78. The van der Waals surface area contributed by atoms with Crippen molar-refractivity contribution in [3.8, 4) is 0 Å². The topological polar surface area (TPSA) is 46.2 Å². The maximum Gasteiger partial charge on any atom is 0.527 e. The van der Waals surface area contributed by atoms with E-state index in [4.69, 9.17) is 0 Å². The van der Waals surface area contributed by atoms with Crippen molar-refractivity contribution in [1.82, 2.24) is 0 Å². The molecule has 0 N–H and O–H groups in total. The number of hydrogen-bond donors (Lipinski definition) is 0. The molecule has 0 spiro atoms. The highest BCUT2D eigenvalue weighted by Crippen LogP contribution is 2.52. The molecule has 0 bridgehead atoms. The largest absolute Gasteiger partial charge is 0.527 e. The van der Waals surface area contributed by atoms with E-state index in [2.05, 4.69) is 0 Å². The van der Waals surface area contributed by atoms with Crippen LogP contribution in [0.4, 0.5) is 92.2 Å². The fraction of sp³-hybridized carbons (Fsp3) is 1.00. The lowest BCUT2D eigenvalue weighted by Gasteiger charge is -2.36. The van der Waals surface area contributed by atoms with Crippen molar-refractivity contribution < 1.29 is 116 Å². The summed E-state index contributed by atoms with van der Waals surface area (Å²) in [6.07, 6.45) is -72.9. The van der Waals surface area contributed by atoms with Crippen LogP contribution in [0.2, 0.25) is 0 Å². The van der Waals surface area contributed by atoms with Gasteiger partial charge in [0.15, 0.2) is 0 Å². The summed E-state index contributed by atoms with van der Waals surface area (Å²) >= 11 is 0. The van der Waals surface area contributed by atoms with Gasteiger partial charge >= 0.3 is 61.3 Å². The predicted octanol–water partition coefficient (Wildman–Crippen LogP) is 6.94. The predicted molar refractivity (Wildman–Crippen MR) is 61.7 cm³/mol. The number of rotatable bonds is 13. The third-order valence-corrected chi connectivity index (χ3v) is 2.68. The van der Waals surface area contributed by atoms with Crippen LogP contribution in [0.25, 0.3) is 0 Å². The molecule has 0 aromatic rings. The Balaban J connectivity index is 6.01. The summed E-state index contributed by atoms with van der Waals surface area (Å²) in [4.78, 5) is 0. The molecule has 224 valence electrons. The van der Waals surface area contributed by atoms with Crippen molar-refractivity contribution in [3.05, 3.63) is 0 Å². The van der Waals surface area contributed by atoms with Crippen LogP contribution in [0, 0.1) is 0 Å². The Labute approximate surface area is 185 Å². The summed E-state index contributed by atoms with van der Waals surface area (Å²) < 4.78 is 274. The molecule has 5 nitrogen and oxygen atoms in total.